The molecular weight excluding hydrogens is 389 g/mol. The molecule has 0 N–H and O–H groups in total. The Balaban J connectivity index is 1.94. The molecule has 0 radical (unpaired) electrons. The van der Waals surface area contributed by atoms with E-state index in [0.29, 0.717) is 28.9 Å². The molecule has 7 nitrogen and oxygen atoms in total. The lowest BCUT2D eigenvalue weighted by atomic mass is 10.1. The molecule has 0 atom stereocenters. The summed E-state index contributed by atoms with van der Waals surface area (Å²) in [6.45, 7) is 1.30. The maximum atomic E-state index is 12.3. The van der Waals surface area contributed by atoms with E-state index in [2.05, 4.69) is 14.8 Å². The number of aldehydes is 1. The Hall–Kier alpha value is -3.69. The molecule has 0 saturated carbocycles. The van der Waals surface area contributed by atoms with Crippen LogP contribution in [0.25, 0.3) is 11.4 Å². The number of nitrogens with zero attached hydrogens (tertiary/aromatic N) is 4. The number of aromatic nitrogens is 3. The van der Waals surface area contributed by atoms with Gasteiger partial charge in [0.2, 0.25) is 11.9 Å². The normalized spacial score (nSPS) is 11.2. The van der Waals surface area contributed by atoms with Crippen molar-refractivity contribution in [3.05, 3.63) is 54.1 Å². The number of rotatable bonds is 5. The second kappa shape index (κ2) is 7.74. The average Bonchev–Trinajstić information content (AvgIpc) is 3.03. The Bertz CT molecular complexity index is 1030. The third kappa shape index (κ3) is 4.60. The monoisotopic (exact) mass is 404 g/mol. The van der Waals surface area contributed by atoms with E-state index >= 15 is 0 Å². The molecule has 0 aliphatic heterocycles. The number of halogens is 3. The van der Waals surface area contributed by atoms with Gasteiger partial charge in [-0.15, -0.1) is 18.3 Å². The molecule has 10 heteroatoms. The van der Waals surface area contributed by atoms with Crippen LogP contribution in [0.4, 0.5) is 24.8 Å². The molecular formula is C19H15F3N4O3. The Kier molecular flexibility index (Phi) is 5.35. The molecule has 0 saturated heterocycles. The van der Waals surface area contributed by atoms with Crippen LogP contribution in [0.3, 0.4) is 0 Å². The van der Waals surface area contributed by atoms with Gasteiger partial charge in [-0.05, 0) is 24.3 Å². The van der Waals surface area contributed by atoms with Crippen molar-refractivity contribution in [1.29, 1.82) is 0 Å². The molecule has 1 heterocycles. The topological polar surface area (TPSA) is 77.3 Å². The summed E-state index contributed by atoms with van der Waals surface area (Å²) in [6, 6.07) is 11.4. The van der Waals surface area contributed by atoms with Crippen LogP contribution in [0.15, 0.2) is 48.5 Å². The van der Waals surface area contributed by atoms with E-state index in [0.717, 1.165) is 12.1 Å². The zero-order chi connectivity index (χ0) is 21.2. The molecule has 0 aliphatic rings. The van der Waals surface area contributed by atoms with Crippen molar-refractivity contribution in [2.24, 2.45) is 7.05 Å². The van der Waals surface area contributed by atoms with Gasteiger partial charge in [0.05, 0.1) is 5.69 Å². The summed E-state index contributed by atoms with van der Waals surface area (Å²) in [5.41, 5.74) is 1.43. The van der Waals surface area contributed by atoms with Crippen LogP contribution in [0, 0.1) is 0 Å². The first-order valence-electron chi connectivity index (χ1n) is 8.31. The van der Waals surface area contributed by atoms with Crippen LogP contribution in [0.2, 0.25) is 0 Å². The van der Waals surface area contributed by atoms with Gasteiger partial charge in [0.15, 0.2) is 5.82 Å². The first-order chi connectivity index (χ1) is 13.7. The van der Waals surface area contributed by atoms with Gasteiger partial charge >= 0.3 is 6.36 Å². The summed E-state index contributed by atoms with van der Waals surface area (Å²) in [5, 5.41) is 4.28. The van der Waals surface area contributed by atoms with Crippen LogP contribution < -0.4 is 9.64 Å². The van der Waals surface area contributed by atoms with E-state index in [1.807, 2.05) is 0 Å². The molecule has 29 heavy (non-hydrogen) atoms. The lowest BCUT2D eigenvalue weighted by molar-refractivity contribution is -0.274. The maximum Gasteiger partial charge on any atom is 0.573 e. The molecule has 0 bridgehead atoms. The molecule has 0 unspecified atom stereocenters. The predicted molar refractivity (Wildman–Crippen MR) is 97.8 cm³/mol. The summed E-state index contributed by atoms with van der Waals surface area (Å²) in [7, 11) is 1.59. The van der Waals surface area contributed by atoms with E-state index < -0.39 is 18.0 Å². The molecule has 0 aliphatic carbocycles. The van der Waals surface area contributed by atoms with Crippen LogP contribution in [0.1, 0.15) is 17.3 Å². The standard InChI is InChI=1S/C19H15F3N4O3/c1-12(28)26(15-7-9-16(10-8-15)29-19(20,21)22)18-23-17(24-25(18)2)14-5-3-13(11-27)4-6-14/h3-11H,1-2H3. The van der Waals surface area contributed by atoms with Gasteiger partial charge in [0.25, 0.3) is 0 Å². The van der Waals surface area contributed by atoms with Gasteiger partial charge in [-0.1, -0.05) is 24.3 Å². The first kappa shape index (κ1) is 20.1. The third-order valence-electron chi connectivity index (χ3n) is 3.89. The smallest absolute Gasteiger partial charge is 0.406 e. The average molecular weight is 404 g/mol. The third-order valence-corrected chi connectivity index (χ3v) is 3.89. The summed E-state index contributed by atoms with van der Waals surface area (Å²) in [5.74, 6) is -0.314. The fourth-order valence-electron chi connectivity index (χ4n) is 2.64. The van der Waals surface area contributed by atoms with Crippen molar-refractivity contribution >= 4 is 23.8 Å². The van der Waals surface area contributed by atoms with E-state index in [-0.39, 0.29) is 5.95 Å². The zero-order valence-corrected chi connectivity index (χ0v) is 15.3. The summed E-state index contributed by atoms with van der Waals surface area (Å²) in [4.78, 5) is 28.6. The van der Waals surface area contributed by atoms with Crippen molar-refractivity contribution in [1.82, 2.24) is 14.8 Å². The van der Waals surface area contributed by atoms with Crippen molar-refractivity contribution in [3.63, 3.8) is 0 Å². The maximum absolute atomic E-state index is 12.3. The minimum Gasteiger partial charge on any atom is -0.406 e. The van der Waals surface area contributed by atoms with E-state index in [4.69, 9.17) is 0 Å². The number of benzene rings is 2. The molecule has 1 amide bonds. The van der Waals surface area contributed by atoms with Crippen LogP contribution in [-0.4, -0.2) is 33.3 Å². The Morgan fingerprint density at radius 3 is 2.24 bits per heavy atom. The van der Waals surface area contributed by atoms with Gasteiger partial charge in [0.1, 0.15) is 12.0 Å². The van der Waals surface area contributed by atoms with Gasteiger partial charge in [-0.2, -0.15) is 4.98 Å². The number of aryl methyl sites for hydroxylation is 1. The molecule has 2 aromatic carbocycles. The molecule has 0 fully saturated rings. The number of amides is 1. The highest BCUT2D eigenvalue weighted by Crippen LogP contribution is 2.29. The number of ether oxygens (including phenoxy) is 1. The lowest BCUT2D eigenvalue weighted by Gasteiger charge is -2.19. The summed E-state index contributed by atoms with van der Waals surface area (Å²) >= 11 is 0. The van der Waals surface area contributed by atoms with Gasteiger partial charge in [0, 0.05) is 25.1 Å². The number of carbonyl (C=O) groups excluding carboxylic acids is 2. The highest BCUT2D eigenvalue weighted by molar-refractivity contribution is 5.97. The predicted octanol–water partition coefficient (Wildman–Crippen LogP) is 3.88. The van der Waals surface area contributed by atoms with Crippen LogP contribution in [0.5, 0.6) is 5.75 Å². The fourth-order valence-corrected chi connectivity index (χ4v) is 2.64. The first-order valence-corrected chi connectivity index (χ1v) is 8.31. The number of hydrogen-bond donors (Lipinski definition) is 0. The highest BCUT2D eigenvalue weighted by Gasteiger charge is 2.31. The van der Waals surface area contributed by atoms with Gasteiger partial charge in [-0.25, -0.2) is 9.58 Å². The van der Waals surface area contributed by atoms with Gasteiger partial charge in [-0.3, -0.25) is 9.59 Å². The zero-order valence-electron chi connectivity index (χ0n) is 15.3. The number of carbonyl (C=O) groups is 2. The molecule has 3 rings (SSSR count). The molecule has 150 valence electrons. The number of alkyl halides is 3. The van der Waals surface area contributed by atoms with Gasteiger partial charge < -0.3 is 4.74 Å². The van der Waals surface area contributed by atoms with E-state index in [1.54, 1.807) is 31.3 Å². The Morgan fingerprint density at radius 2 is 1.72 bits per heavy atom. The number of hydrogen-bond acceptors (Lipinski definition) is 5. The fraction of sp³-hybridized carbons (Fsp3) is 0.158. The van der Waals surface area contributed by atoms with Crippen molar-refractivity contribution in [3.8, 4) is 17.1 Å². The van der Waals surface area contributed by atoms with E-state index in [9.17, 15) is 22.8 Å². The molecule has 3 aromatic rings. The van der Waals surface area contributed by atoms with Crippen LogP contribution in [-0.2, 0) is 11.8 Å². The summed E-state index contributed by atoms with van der Waals surface area (Å²) in [6.07, 6.45) is -4.09. The van der Waals surface area contributed by atoms with Crippen molar-refractivity contribution < 1.29 is 27.5 Å². The minimum atomic E-state index is -4.81. The van der Waals surface area contributed by atoms with E-state index in [1.165, 1.54) is 28.6 Å². The second-order valence-corrected chi connectivity index (χ2v) is 6.00. The van der Waals surface area contributed by atoms with Crippen LogP contribution >= 0.6 is 0 Å². The number of anilines is 2. The van der Waals surface area contributed by atoms with Crippen molar-refractivity contribution in [2.45, 2.75) is 13.3 Å². The quantitative estimate of drug-likeness (QED) is 0.603. The summed E-state index contributed by atoms with van der Waals surface area (Å²) < 4.78 is 42.2. The second-order valence-electron chi connectivity index (χ2n) is 6.00. The minimum absolute atomic E-state index is 0.177. The molecule has 0 spiro atoms. The molecule has 1 aromatic heterocycles. The Morgan fingerprint density at radius 1 is 1.10 bits per heavy atom. The SMILES string of the molecule is CC(=O)N(c1ccc(OC(F)(F)F)cc1)c1nc(-c2ccc(C=O)cc2)nn1C. The lowest BCUT2D eigenvalue weighted by Crippen LogP contribution is -2.26. The van der Waals surface area contributed by atoms with Crippen molar-refractivity contribution in [2.75, 3.05) is 4.90 Å². The largest absolute Gasteiger partial charge is 0.573 e. The Labute approximate surface area is 163 Å². The highest BCUT2D eigenvalue weighted by atomic mass is 19.4.